The van der Waals surface area contributed by atoms with Crippen LogP contribution in [0.15, 0.2) is 22.7 Å². The second-order valence-electron chi connectivity index (χ2n) is 5.95. The van der Waals surface area contributed by atoms with Crippen LogP contribution in [0.4, 0.5) is 5.69 Å². The molecule has 5 heteroatoms. The van der Waals surface area contributed by atoms with Gasteiger partial charge in [-0.1, -0.05) is 15.9 Å². The van der Waals surface area contributed by atoms with Gasteiger partial charge < -0.3 is 4.74 Å². The number of rotatable bonds is 2. The van der Waals surface area contributed by atoms with Gasteiger partial charge in [-0.2, -0.15) is 0 Å². The maximum absolute atomic E-state index is 12.8. The Morgan fingerprint density at radius 3 is 2.55 bits per heavy atom. The molecule has 1 amide bonds. The van der Waals surface area contributed by atoms with Gasteiger partial charge in [-0.05, 0) is 50.5 Å². The van der Waals surface area contributed by atoms with Crippen LogP contribution in [0.1, 0.15) is 32.3 Å². The number of anilines is 1. The number of esters is 1. The third-order valence-corrected chi connectivity index (χ3v) is 4.82. The van der Waals surface area contributed by atoms with E-state index in [9.17, 15) is 9.59 Å². The zero-order valence-electron chi connectivity index (χ0n) is 11.7. The fourth-order valence-corrected chi connectivity index (χ4v) is 3.32. The van der Waals surface area contributed by atoms with Crippen molar-refractivity contribution in [3.8, 4) is 0 Å². The van der Waals surface area contributed by atoms with Gasteiger partial charge in [-0.15, -0.1) is 0 Å². The number of carbonyl (C=O) groups is 2. The fourth-order valence-electron chi connectivity index (χ4n) is 2.96. The Balaban J connectivity index is 2.16. The van der Waals surface area contributed by atoms with Crippen molar-refractivity contribution in [3.05, 3.63) is 28.2 Å². The molecule has 0 spiro atoms. The van der Waals surface area contributed by atoms with E-state index >= 15 is 0 Å². The molecule has 0 saturated heterocycles. The fraction of sp³-hybridized carbons (Fsp3) is 0.467. The third kappa shape index (κ3) is 1.59. The van der Waals surface area contributed by atoms with E-state index in [0.717, 1.165) is 15.7 Å². The molecule has 0 aromatic heterocycles. The zero-order valence-corrected chi connectivity index (χ0v) is 13.3. The standard InChI is InChI=1S/C15H16BrNO3/c1-14(2)10-8-9(16)4-5-11(10)17(12(14)18)15(6-7-15)13(19)20-3/h4-5,8H,6-7H2,1-3H3. The van der Waals surface area contributed by atoms with Crippen LogP contribution in [-0.2, 0) is 19.7 Å². The first-order valence-electron chi connectivity index (χ1n) is 6.58. The average Bonchev–Trinajstić information content (AvgIpc) is 3.17. The van der Waals surface area contributed by atoms with Gasteiger partial charge in [0.2, 0.25) is 5.91 Å². The summed E-state index contributed by atoms with van der Waals surface area (Å²) >= 11 is 3.44. The van der Waals surface area contributed by atoms with E-state index in [2.05, 4.69) is 15.9 Å². The van der Waals surface area contributed by atoms with Gasteiger partial charge in [0.1, 0.15) is 5.54 Å². The lowest BCUT2D eigenvalue weighted by Gasteiger charge is -2.27. The minimum absolute atomic E-state index is 0.0338. The molecule has 1 aliphatic carbocycles. The molecule has 1 aliphatic heterocycles. The molecule has 0 N–H and O–H groups in total. The van der Waals surface area contributed by atoms with E-state index in [0.29, 0.717) is 12.8 Å². The molecule has 0 atom stereocenters. The van der Waals surface area contributed by atoms with Crippen molar-refractivity contribution in [1.29, 1.82) is 0 Å². The number of ether oxygens (including phenoxy) is 1. The molecule has 0 bridgehead atoms. The van der Waals surface area contributed by atoms with Crippen molar-refractivity contribution in [2.45, 2.75) is 37.6 Å². The quantitative estimate of drug-likeness (QED) is 0.779. The lowest BCUT2D eigenvalue weighted by molar-refractivity contribution is -0.145. The molecule has 20 heavy (non-hydrogen) atoms. The Morgan fingerprint density at radius 1 is 1.35 bits per heavy atom. The maximum atomic E-state index is 12.8. The van der Waals surface area contributed by atoms with Crippen molar-refractivity contribution in [1.82, 2.24) is 0 Å². The highest BCUT2D eigenvalue weighted by Crippen LogP contribution is 2.53. The minimum atomic E-state index is -0.790. The van der Waals surface area contributed by atoms with Crippen LogP contribution in [0.5, 0.6) is 0 Å². The van der Waals surface area contributed by atoms with E-state index in [4.69, 9.17) is 4.74 Å². The molecular formula is C15H16BrNO3. The molecule has 0 radical (unpaired) electrons. The van der Waals surface area contributed by atoms with E-state index < -0.39 is 11.0 Å². The van der Waals surface area contributed by atoms with Crippen LogP contribution in [0.3, 0.4) is 0 Å². The van der Waals surface area contributed by atoms with Gasteiger partial charge in [0.05, 0.1) is 12.5 Å². The number of halogens is 1. The summed E-state index contributed by atoms with van der Waals surface area (Å²) in [6, 6.07) is 5.75. The van der Waals surface area contributed by atoms with E-state index in [1.165, 1.54) is 7.11 Å². The minimum Gasteiger partial charge on any atom is -0.467 e. The molecule has 0 unspecified atom stereocenters. The highest BCUT2D eigenvalue weighted by molar-refractivity contribution is 9.10. The summed E-state index contributed by atoms with van der Waals surface area (Å²) in [7, 11) is 1.37. The molecule has 2 aliphatic rings. The summed E-state index contributed by atoms with van der Waals surface area (Å²) < 4.78 is 5.84. The number of nitrogens with zero attached hydrogens (tertiary/aromatic N) is 1. The van der Waals surface area contributed by atoms with Crippen molar-refractivity contribution in [2.24, 2.45) is 0 Å². The topological polar surface area (TPSA) is 46.6 Å². The second kappa shape index (κ2) is 4.07. The van der Waals surface area contributed by atoms with Gasteiger partial charge in [0, 0.05) is 10.2 Å². The van der Waals surface area contributed by atoms with Crippen molar-refractivity contribution >= 4 is 33.5 Å². The number of carbonyl (C=O) groups excluding carboxylic acids is 2. The van der Waals surface area contributed by atoms with Crippen LogP contribution in [0, 0.1) is 0 Å². The maximum Gasteiger partial charge on any atom is 0.332 e. The second-order valence-corrected chi connectivity index (χ2v) is 6.87. The summed E-state index contributed by atoms with van der Waals surface area (Å²) in [6.07, 6.45) is 1.33. The molecule has 1 aromatic carbocycles. The summed E-state index contributed by atoms with van der Waals surface area (Å²) in [4.78, 5) is 26.5. The van der Waals surface area contributed by atoms with Gasteiger partial charge in [0.15, 0.2) is 0 Å². The molecule has 1 aromatic rings. The van der Waals surface area contributed by atoms with Crippen LogP contribution in [0.2, 0.25) is 0 Å². The lowest BCUT2D eigenvalue weighted by atomic mass is 9.86. The van der Waals surface area contributed by atoms with Gasteiger partial charge in [-0.3, -0.25) is 9.69 Å². The predicted octanol–water partition coefficient (Wildman–Crippen LogP) is 2.78. The third-order valence-electron chi connectivity index (χ3n) is 4.33. The Labute approximate surface area is 126 Å². The van der Waals surface area contributed by atoms with Crippen LogP contribution in [-0.4, -0.2) is 24.5 Å². The number of amides is 1. The molecule has 4 nitrogen and oxygen atoms in total. The summed E-state index contributed by atoms with van der Waals surface area (Å²) in [5.74, 6) is -0.356. The number of benzene rings is 1. The smallest absolute Gasteiger partial charge is 0.332 e. The normalized spacial score (nSPS) is 21.6. The number of fused-ring (bicyclic) bond motifs is 1. The highest BCUT2D eigenvalue weighted by atomic mass is 79.9. The summed E-state index contributed by atoms with van der Waals surface area (Å²) in [6.45, 7) is 3.79. The molecule has 106 valence electrons. The lowest BCUT2D eigenvalue weighted by Crippen LogP contribution is -2.49. The van der Waals surface area contributed by atoms with Gasteiger partial charge >= 0.3 is 5.97 Å². The van der Waals surface area contributed by atoms with E-state index in [1.807, 2.05) is 32.0 Å². The number of methoxy groups -OCH3 is 1. The molecule has 1 saturated carbocycles. The SMILES string of the molecule is COC(=O)C1(N2C(=O)C(C)(C)c3cc(Br)ccc32)CC1. The molecule has 1 heterocycles. The van der Waals surface area contributed by atoms with Crippen LogP contribution >= 0.6 is 15.9 Å². The predicted molar refractivity (Wildman–Crippen MR) is 78.6 cm³/mol. The van der Waals surface area contributed by atoms with E-state index in [1.54, 1.807) is 4.90 Å². The Hall–Kier alpha value is -1.36. The number of hydrogen-bond acceptors (Lipinski definition) is 3. The highest BCUT2D eigenvalue weighted by Gasteiger charge is 2.63. The Kier molecular flexibility index (Phi) is 2.77. The monoisotopic (exact) mass is 337 g/mol. The summed E-state index contributed by atoms with van der Waals surface area (Å²) in [5, 5.41) is 0. The van der Waals surface area contributed by atoms with E-state index in [-0.39, 0.29) is 11.9 Å². The summed E-state index contributed by atoms with van der Waals surface area (Å²) in [5.41, 5.74) is 0.364. The van der Waals surface area contributed by atoms with Crippen molar-refractivity contribution < 1.29 is 14.3 Å². The Bertz CT molecular complexity index is 620. The van der Waals surface area contributed by atoms with Crippen LogP contribution in [0.25, 0.3) is 0 Å². The average molecular weight is 338 g/mol. The number of hydrogen-bond donors (Lipinski definition) is 0. The van der Waals surface area contributed by atoms with Gasteiger partial charge in [0.25, 0.3) is 0 Å². The largest absolute Gasteiger partial charge is 0.467 e. The first kappa shape index (κ1) is 13.6. The molecule has 1 fully saturated rings. The molecular weight excluding hydrogens is 322 g/mol. The molecule has 3 rings (SSSR count). The van der Waals surface area contributed by atoms with Gasteiger partial charge in [-0.25, -0.2) is 4.79 Å². The Morgan fingerprint density at radius 2 is 2.00 bits per heavy atom. The van der Waals surface area contributed by atoms with Crippen LogP contribution < -0.4 is 4.90 Å². The van der Waals surface area contributed by atoms with Crippen molar-refractivity contribution in [2.75, 3.05) is 12.0 Å². The first-order chi connectivity index (χ1) is 9.34. The first-order valence-corrected chi connectivity index (χ1v) is 7.37. The zero-order chi connectivity index (χ0) is 14.7. The van der Waals surface area contributed by atoms with Crippen molar-refractivity contribution in [3.63, 3.8) is 0 Å².